The Kier molecular flexibility index (Phi) is 6.73. The molecule has 0 fully saturated rings. The van der Waals surface area contributed by atoms with Crippen molar-refractivity contribution in [3.05, 3.63) is 113 Å². The fraction of sp³-hybridized carbons (Fsp3) is 0.188. The maximum Gasteiger partial charge on any atom is 0.339 e. The summed E-state index contributed by atoms with van der Waals surface area (Å²) >= 11 is 0. The van der Waals surface area contributed by atoms with Gasteiger partial charge in [0.2, 0.25) is 0 Å². The van der Waals surface area contributed by atoms with Crippen LogP contribution in [0.3, 0.4) is 0 Å². The molecule has 0 spiro atoms. The topological polar surface area (TPSA) is 84.4 Å². The molecule has 1 aliphatic heterocycles. The number of carbonyl (C=O) groups excluding carboxylic acids is 2. The van der Waals surface area contributed by atoms with Crippen molar-refractivity contribution in [3.8, 4) is 0 Å². The third kappa shape index (κ3) is 5.22. The number of nitrogens with zero attached hydrogens (tertiary/aromatic N) is 3. The second-order valence-electron chi connectivity index (χ2n) is 9.83. The molecular weight excluding hydrogens is 488 g/mol. The van der Waals surface area contributed by atoms with Gasteiger partial charge in [-0.2, -0.15) is 0 Å². The van der Waals surface area contributed by atoms with E-state index in [0.29, 0.717) is 17.8 Å². The summed E-state index contributed by atoms with van der Waals surface area (Å²) in [7, 11) is 0. The van der Waals surface area contributed by atoms with Crippen LogP contribution in [0.15, 0.2) is 84.9 Å². The van der Waals surface area contributed by atoms with Gasteiger partial charge in [-0.1, -0.05) is 66.7 Å². The molecule has 2 aromatic heterocycles. The molecule has 1 amide bonds. The van der Waals surface area contributed by atoms with Gasteiger partial charge >= 0.3 is 5.97 Å². The first kappa shape index (κ1) is 24.7. The van der Waals surface area contributed by atoms with Gasteiger partial charge in [0.1, 0.15) is 0 Å². The highest BCUT2D eigenvalue weighted by Crippen LogP contribution is 2.30. The Morgan fingerprint density at radius 1 is 0.897 bits per heavy atom. The highest BCUT2D eigenvalue weighted by molar-refractivity contribution is 6.07. The number of anilines is 1. The summed E-state index contributed by atoms with van der Waals surface area (Å²) in [6, 6.07) is 27.3. The van der Waals surface area contributed by atoms with Crippen LogP contribution in [-0.4, -0.2) is 39.9 Å². The van der Waals surface area contributed by atoms with Gasteiger partial charge in [-0.25, -0.2) is 4.79 Å². The summed E-state index contributed by atoms with van der Waals surface area (Å²) < 4.78 is 5.62. The molecule has 5 aromatic rings. The van der Waals surface area contributed by atoms with Crippen LogP contribution < -0.4 is 5.32 Å². The fourth-order valence-electron chi connectivity index (χ4n) is 5.26. The molecule has 7 nitrogen and oxygen atoms in total. The molecule has 6 rings (SSSR count). The molecule has 194 valence electrons. The van der Waals surface area contributed by atoms with Crippen molar-refractivity contribution in [2.24, 2.45) is 0 Å². The van der Waals surface area contributed by atoms with Gasteiger partial charge in [0.05, 0.1) is 22.3 Å². The number of hydrogen-bond acceptors (Lipinski definition) is 6. The number of aromatic nitrogens is 2. The third-order valence-corrected chi connectivity index (χ3v) is 7.03. The van der Waals surface area contributed by atoms with E-state index >= 15 is 0 Å². The number of fused-ring (bicyclic) bond motifs is 3. The van der Waals surface area contributed by atoms with E-state index in [4.69, 9.17) is 9.72 Å². The molecule has 0 bridgehead atoms. The summed E-state index contributed by atoms with van der Waals surface area (Å²) in [5.41, 5.74) is 6.46. The lowest BCUT2D eigenvalue weighted by Crippen LogP contribution is -2.32. The van der Waals surface area contributed by atoms with Gasteiger partial charge in [-0.15, -0.1) is 0 Å². The van der Waals surface area contributed by atoms with Crippen LogP contribution in [0.4, 0.5) is 5.69 Å². The Morgan fingerprint density at radius 3 is 2.38 bits per heavy atom. The van der Waals surface area contributed by atoms with Crippen LogP contribution in [0.25, 0.3) is 21.8 Å². The van der Waals surface area contributed by atoms with Gasteiger partial charge in [0.15, 0.2) is 6.61 Å². The van der Waals surface area contributed by atoms with E-state index in [2.05, 4.69) is 27.3 Å². The quantitative estimate of drug-likeness (QED) is 0.302. The molecule has 0 atom stereocenters. The minimum absolute atomic E-state index is 0.395. The molecule has 7 heteroatoms. The minimum Gasteiger partial charge on any atom is -0.452 e. The van der Waals surface area contributed by atoms with E-state index in [1.54, 1.807) is 0 Å². The van der Waals surface area contributed by atoms with Crippen LogP contribution in [0.1, 0.15) is 32.9 Å². The standard InChI is InChI=1S/C32H28N4O3/c1-21-17-29(23-11-5-7-13-26(23)33-21)35-30(37)20-39-32(38)31-24-12-6-8-14-27(24)34-28-15-16-36(19-25(28)31)18-22-9-3-2-4-10-22/h2-14,17H,15-16,18-20H2,1H3,(H,33,35,37). The Hall–Kier alpha value is -4.62. The van der Waals surface area contributed by atoms with E-state index < -0.39 is 18.5 Å². The van der Waals surface area contributed by atoms with Gasteiger partial charge < -0.3 is 10.1 Å². The summed E-state index contributed by atoms with van der Waals surface area (Å²) in [4.78, 5) is 38.1. The number of amides is 1. The average molecular weight is 517 g/mol. The number of aryl methyl sites for hydroxylation is 1. The third-order valence-electron chi connectivity index (χ3n) is 7.03. The first-order chi connectivity index (χ1) is 19.0. The van der Waals surface area contributed by atoms with Gasteiger partial charge in [-0.05, 0) is 30.7 Å². The first-order valence-corrected chi connectivity index (χ1v) is 13.1. The smallest absolute Gasteiger partial charge is 0.339 e. The lowest BCUT2D eigenvalue weighted by Gasteiger charge is -2.30. The fourth-order valence-corrected chi connectivity index (χ4v) is 5.26. The monoisotopic (exact) mass is 516 g/mol. The molecule has 39 heavy (non-hydrogen) atoms. The maximum atomic E-state index is 13.6. The van der Waals surface area contributed by atoms with Crippen molar-refractivity contribution < 1.29 is 14.3 Å². The summed E-state index contributed by atoms with van der Waals surface area (Å²) in [5.74, 6) is -0.922. The summed E-state index contributed by atoms with van der Waals surface area (Å²) in [6.07, 6.45) is 0.738. The second-order valence-corrected chi connectivity index (χ2v) is 9.83. The van der Waals surface area contributed by atoms with Crippen LogP contribution in [0, 0.1) is 6.92 Å². The first-order valence-electron chi connectivity index (χ1n) is 13.1. The molecule has 0 radical (unpaired) electrons. The number of para-hydroxylation sites is 2. The van der Waals surface area contributed by atoms with Crippen LogP contribution in [-0.2, 0) is 29.0 Å². The summed E-state index contributed by atoms with van der Waals surface area (Å²) in [6.45, 7) is 3.70. The molecule has 0 saturated carbocycles. The lowest BCUT2D eigenvalue weighted by molar-refractivity contribution is -0.119. The molecule has 1 aliphatic rings. The second kappa shape index (κ2) is 10.6. The Morgan fingerprint density at radius 2 is 1.59 bits per heavy atom. The Labute approximate surface area is 226 Å². The maximum absolute atomic E-state index is 13.6. The van der Waals surface area contributed by atoms with Crippen LogP contribution >= 0.6 is 0 Å². The zero-order valence-electron chi connectivity index (χ0n) is 21.7. The minimum atomic E-state index is -0.516. The molecule has 3 aromatic carbocycles. The van der Waals surface area contributed by atoms with Crippen molar-refractivity contribution in [2.45, 2.75) is 26.4 Å². The number of carbonyl (C=O) groups is 2. The Bertz CT molecular complexity index is 1700. The number of hydrogen-bond donors (Lipinski definition) is 1. The number of benzene rings is 3. The largest absolute Gasteiger partial charge is 0.452 e. The SMILES string of the molecule is Cc1cc(NC(=O)COC(=O)c2c3c(nc4ccccc24)CCN(Cc2ccccc2)C3)c2ccccc2n1. The number of pyridine rings is 2. The molecular formula is C32H28N4O3. The van der Waals surface area contributed by atoms with Crippen molar-refractivity contribution >= 4 is 39.4 Å². The van der Waals surface area contributed by atoms with Crippen molar-refractivity contribution in [1.29, 1.82) is 0 Å². The van der Waals surface area contributed by atoms with E-state index in [-0.39, 0.29) is 0 Å². The number of ether oxygens (including phenoxy) is 1. The number of nitrogens with one attached hydrogen (secondary N) is 1. The van der Waals surface area contributed by atoms with Crippen LogP contribution in [0.2, 0.25) is 0 Å². The number of esters is 1. The lowest BCUT2D eigenvalue weighted by atomic mass is 9.95. The van der Waals surface area contributed by atoms with E-state index in [1.807, 2.05) is 79.7 Å². The highest BCUT2D eigenvalue weighted by Gasteiger charge is 2.27. The summed E-state index contributed by atoms with van der Waals surface area (Å²) in [5, 5.41) is 4.45. The van der Waals surface area contributed by atoms with E-state index in [0.717, 1.165) is 58.3 Å². The highest BCUT2D eigenvalue weighted by atomic mass is 16.5. The molecule has 3 heterocycles. The van der Waals surface area contributed by atoms with Crippen molar-refractivity contribution in [2.75, 3.05) is 18.5 Å². The van der Waals surface area contributed by atoms with E-state index in [1.165, 1.54) is 5.56 Å². The van der Waals surface area contributed by atoms with Crippen molar-refractivity contribution in [3.63, 3.8) is 0 Å². The zero-order chi connectivity index (χ0) is 26.8. The van der Waals surface area contributed by atoms with Crippen molar-refractivity contribution in [1.82, 2.24) is 14.9 Å². The average Bonchev–Trinajstić information content (AvgIpc) is 2.95. The van der Waals surface area contributed by atoms with Gasteiger partial charge in [-0.3, -0.25) is 19.7 Å². The number of rotatable bonds is 6. The molecule has 0 unspecified atom stereocenters. The normalized spacial score (nSPS) is 13.3. The zero-order valence-corrected chi connectivity index (χ0v) is 21.7. The molecule has 1 N–H and O–H groups in total. The van der Waals surface area contributed by atoms with Gasteiger partial charge in [0, 0.05) is 53.8 Å². The van der Waals surface area contributed by atoms with Gasteiger partial charge in [0.25, 0.3) is 5.91 Å². The van der Waals surface area contributed by atoms with Crippen LogP contribution in [0.5, 0.6) is 0 Å². The predicted octanol–water partition coefficient (Wildman–Crippen LogP) is 5.45. The molecule has 0 aliphatic carbocycles. The van der Waals surface area contributed by atoms with E-state index in [9.17, 15) is 9.59 Å². The predicted molar refractivity (Wildman–Crippen MR) is 151 cm³/mol. The molecule has 0 saturated heterocycles. The Balaban J connectivity index is 1.24.